The van der Waals surface area contributed by atoms with Gasteiger partial charge in [-0.25, -0.2) is 13.8 Å². The molecule has 0 aliphatic carbocycles. The predicted octanol–water partition coefficient (Wildman–Crippen LogP) is 6.82. The van der Waals surface area contributed by atoms with Crippen molar-refractivity contribution in [1.82, 2.24) is 0 Å². The Hall–Kier alpha value is -2.34. The van der Waals surface area contributed by atoms with Gasteiger partial charge in [0.05, 0.1) is 15.1 Å². The first kappa shape index (κ1) is 20.9. The number of benzene rings is 3. The first-order valence-corrected chi connectivity index (χ1v) is 10.1. The van der Waals surface area contributed by atoms with Crippen molar-refractivity contribution in [3.05, 3.63) is 86.9 Å². The van der Waals surface area contributed by atoms with E-state index in [1.165, 1.54) is 6.07 Å². The minimum Gasteiger partial charge on any atom is -0.490 e. The van der Waals surface area contributed by atoms with Gasteiger partial charge in [0.15, 0.2) is 0 Å². The lowest BCUT2D eigenvalue weighted by Gasteiger charge is -2.11. The molecule has 0 bridgehead atoms. The molecule has 30 heavy (non-hydrogen) atoms. The largest absolute Gasteiger partial charge is 0.490 e. The summed E-state index contributed by atoms with van der Waals surface area (Å²) in [7, 11) is 0. The molecule has 1 heterocycles. The summed E-state index contributed by atoms with van der Waals surface area (Å²) in [5, 5.41) is 1.33. The zero-order chi connectivity index (χ0) is 21.3. The van der Waals surface area contributed by atoms with E-state index in [9.17, 15) is 8.78 Å². The van der Waals surface area contributed by atoms with Crippen molar-refractivity contribution in [2.24, 2.45) is 4.99 Å². The second-order valence-corrected chi connectivity index (χ2v) is 7.80. The van der Waals surface area contributed by atoms with Crippen LogP contribution in [-0.4, -0.2) is 25.2 Å². The number of nitrogens with zero attached hydrogens (tertiary/aromatic N) is 1. The third-order valence-electron chi connectivity index (χ3n) is 4.50. The average Bonchev–Trinajstić information content (AvgIpc) is 3.17. The zero-order valence-corrected chi connectivity index (χ0v) is 17.6. The van der Waals surface area contributed by atoms with Gasteiger partial charge in [-0.1, -0.05) is 53.0 Å². The molecule has 0 radical (unpaired) electrons. The fourth-order valence-corrected chi connectivity index (χ4v) is 3.53. The Balaban J connectivity index is 1.45. The van der Waals surface area contributed by atoms with E-state index < -0.39 is 17.7 Å². The van der Waals surface area contributed by atoms with Crippen LogP contribution in [0.15, 0.2) is 59.6 Å². The molecule has 0 saturated carbocycles. The molecule has 0 saturated heterocycles. The van der Waals surface area contributed by atoms with Gasteiger partial charge >= 0.3 is 0 Å². The molecule has 1 unspecified atom stereocenters. The summed E-state index contributed by atoms with van der Waals surface area (Å²) in [5.41, 5.74) is 1.44. The number of hydrogen-bond donors (Lipinski definition) is 0. The van der Waals surface area contributed by atoms with Crippen LogP contribution in [0.1, 0.15) is 5.56 Å². The highest BCUT2D eigenvalue weighted by Crippen LogP contribution is 2.33. The van der Waals surface area contributed by atoms with Crippen molar-refractivity contribution in [3.8, 4) is 16.9 Å². The molecular weight excluding hydrogens is 455 g/mol. The molecule has 0 N–H and O–H groups in total. The maximum atomic E-state index is 13.9. The Morgan fingerprint density at radius 3 is 2.23 bits per heavy atom. The number of halogens is 5. The molecule has 4 rings (SSSR count). The van der Waals surface area contributed by atoms with E-state index in [4.69, 9.17) is 44.3 Å². The molecule has 0 spiro atoms. The Kier molecular flexibility index (Phi) is 6.14. The van der Waals surface area contributed by atoms with Gasteiger partial charge in [0.1, 0.15) is 42.2 Å². The van der Waals surface area contributed by atoms with Crippen molar-refractivity contribution in [2.45, 2.75) is 6.04 Å². The van der Waals surface area contributed by atoms with Crippen molar-refractivity contribution >= 4 is 40.7 Å². The predicted molar refractivity (Wildman–Crippen MR) is 115 cm³/mol. The minimum atomic E-state index is -0.726. The van der Waals surface area contributed by atoms with Crippen molar-refractivity contribution in [2.75, 3.05) is 13.2 Å². The molecular formula is C22H14Cl3F2NO2. The minimum absolute atomic E-state index is 0.0692. The molecule has 0 aromatic heterocycles. The molecule has 0 amide bonds. The molecule has 1 atom stereocenters. The summed E-state index contributed by atoms with van der Waals surface area (Å²) >= 11 is 18.4. The highest BCUT2D eigenvalue weighted by atomic mass is 35.5. The quantitative estimate of drug-likeness (QED) is 0.411. The second kappa shape index (κ2) is 8.80. The van der Waals surface area contributed by atoms with Gasteiger partial charge in [0, 0.05) is 0 Å². The summed E-state index contributed by atoms with van der Waals surface area (Å²) < 4.78 is 38.9. The monoisotopic (exact) mass is 467 g/mol. The zero-order valence-electron chi connectivity index (χ0n) is 15.3. The lowest BCUT2D eigenvalue weighted by Crippen LogP contribution is -2.17. The van der Waals surface area contributed by atoms with Gasteiger partial charge in [-0.05, 0) is 47.5 Å². The van der Waals surface area contributed by atoms with E-state index >= 15 is 0 Å². The normalized spacial score (nSPS) is 15.6. The van der Waals surface area contributed by atoms with Crippen LogP contribution in [-0.2, 0) is 4.74 Å². The van der Waals surface area contributed by atoms with E-state index in [1.54, 1.807) is 24.3 Å². The summed E-state index contributed by atoms with van der Waals surface area (Å²) in [4.78, 5) is 4.23. The van der Waals surface area contributed by atoms with Crippen LogP contribution in [0.4, 0.5) is 8.78 Å². The Bertz CT molecular complexity index is 1120. The Morgan fingerprint density at radius 2 is 1.57 bits per heavy atom. The average molecular weight is 469 g/mol. The lowest BCUT2D eigenvalue weighted by molar-refractivity contribution is 0.242. The number of ether oxygens (including phenoxy) is 2. The smallest absolute Gasteiger partial charge is 0.222 e. The fourth-order valence-electron chi connectivity index (χ4n) is 3.00. The standard InChI is InChI=1S/C22H14Cl3F2NO2/c23-15-6-4-12(8-16(15)24)13-5-7-20(17(25)9-13)29-10-14-11-30-22(28-14)21-18(26)2-1-3-19(21)27/h1-9,14H,10-11H2. The van der Waals surface area contributed by atoms with Crippen LogP contribution in [0.3, 0.4) is 0 Å². The van der Waals surface area contributed by atoms with Crippen LogP contribution < -0.4 is 4.74 Å². The third-order valence-corrected chi connectivity index (χ3v) is 5.54. The van der Waals surface area contributed by atoms with Crippen LogP contribution in [0.25, 0.3) is 11.1 Å². The van der Waals surface area contributed by atoms with Crippen LogP contribution >= 0.6 is 34.8 Å². The summed E-state index contributed by atoms with van der Waals surface area (Å²) in [5.74, 6) is -1.06. The van der Waals surface area contributed by atoms with Gasteiger partial charge < -0.3 is 9.47 Å². The van der Waals surface area contributed by atoms with E-state index in [0.29, 0.717) is 20.8 Å². The van der Waals surface area contributed by atoms with E-state index in [-0.39, 0.29) is 24.7 Å². The Labute approximate surface area is 186 Å². The molecule has 3 nitrogen and oxygen atoms in total. The van der Waals surface area contributed by atoms with Crippen LogP contribution in [0.5, 0.6) is 5.75 Å². The fraction of sp³-hybridized carbons (Fsp3) is 0.136. The van der Waals surface area contributed by atoms with E-state index in [2.05, 4.69) is 4.99 Å². The molecule has 154 valence electrons. The van der Waals surface area contributed by atoms with Gasteiger partial charge in [-0.2, -0.15) is 0 Å². The highest BCUT2D eigenvalue weighted by Gasteiger charge is 2.25. The number of rotatable bonds is 5. The maximum absolute atomic E-state index is 13.9. The van der Waals surface area contributed by atoms with Crippen LogP contribution in [0, 0.1) is 11.6 Å². The first-order valence-electron chi connectivity index (χ1n) is 8.95. The topological polar surface area (TPSA) is 30.8 Å². The lowest BCUT2D eigenvalue weighted by atomic mass is 10.1. The molecule has 1 aliphatic rings. The summed E-state index contributed by atoms with van der Waals surface area (Å²) in [6, 6.07) is 13.8. The maximum Gasteiger partial charge on any atom is 0.222 e. The van der Waals surface area contributed by atoms with Gasteiger partial charge in [-0.15, -0.1) is 0 Å². The molecule has 1 aliphatic heterocycles. The highest BCUT2D eigenvalue weighted by molar-refractivity contribution is 6.42. The van der Waals surface area contributed by atoms with Crippen molar-refractivity contribution < 1.29 is 18.3 Å². The molecule has 3 aromatic rings. The summed E-state index contributed by atoms with van der Waals surface area (Å²) in [6.07, 6.45) is 0. The van der Waals surface area contributed by atoms with Gasteiger partial charge in [-0.3, -0.25) is 0 Å². The molecule has 0 fully saturated rings. The second-order valence-electron chi connectivity index (χ2n) is 6.58. The SMILES string of the molecule is Fc1cccc(F)c1C1=NC(COc2ccc(-c3ccc(Cl)c(Cl)c3)cc2Cl)CO1. The molecule has 8 heteroatoms. The number of hydrogen-bond acceptors (Lipinski definition) is 3. The van der Waals surface area contributed by atoms with E-state index in [1.807, 2.05) is 12.1 Å². The third kappa shape index (κ3) is 4.38. The van der Waals surface area contributed by atoms with Crippen molar-refractivity contribution in [3.63, 3.8) is 0 Å². The molecule has 3 aromatic carbocycles. The Morgan fingerprint density at radius 1 is 0.900 bits per heavy atom. The van der Waals surface area contributed by atoms with Gasteiger partial charge in [0.2, 0.25) is 5.90 Å². The van der Waals surface area contributed by atoms with Crippen molar-refractivity contribution in [1.29, 1.82) is 0 Å². The van der Waals surface area contributed by atoms with Crippen LogP contribution in [0.2, 0.25) is 15.1 Å². The summed E-state index contributed by atoms with van der Waals surface area (Å²) in [6.45, 7) is 0.299. The first-order chi connectivity index (χ1) is 14.4. The number of aliphatic imine (C=N–C) groups is 1. The van der Waals surface area contributed by atoms with Gasteiger partial charge in [0.25, 0.3) is 0 Å². The van der Waals surface area contributed by atoms with E-state index in [0.717, 1.165) is 23.3 Å².